The molecule has 4 heterocycles. The topological polar surface area (TPSA) is 97.4 Å². The molecule has 7 rings (SSSR count). The molecule has 0 saturated carbocycles. The second kappa shape index (κ2) is 12.3. The summed E-state index contributed by atoms with van der Waals surface area (Å²) in [6.07, 6.45) is 3.28. The Balaban J connectivity index is 1.40. The third-order valence-electron chi connectivity index (χ3n) is 8.20. The first-order chi connectivity index (χ1) is 20.9. The molecule has 1 atom stereocenters. The van der Waals surface area contributed by atoms with Gasteiger partial charge in [0.05, 0.1) is 31.9 Å². The molecule has 3 aromatic carbocycles. The van der Waals surface area contributed by atoms with Crippen LogP contribution in [0.4, 0.5) is 4.39 Å². The highest BCUT2D eigenvalue weighted by Gasteiger charge is 2.34. The Morgan fingerprint density at radius 3 is 2.67 bits per heavy atom. The van der Waals surface area contributed by atoms with Gasteiger partial charge < -0.3 is 29.3 Å². The molecule has 0 spiro atoms. The van der Waals surface area contributed by atoms with E-state index < -0.39 is 17.8 Å². The Morgan fingerprint density at radius 2 is 1.84 bits per heavy atom. The van der Waals surface area contributed by atoms with E-state index in [9.17, 15) is 18.8 Å². The maximum absolute atomic E-state index is 14.5. The van der Waals surface area contributed by atoms with E-state index in [0.717, 1.165) is 29.5 Å². The fourth-order valence-electron chi connectivity index (χ4n) is 5.98. The molecule has 1 unspecified atom stereocenters. The van der Waals surface area contributed by atoms with Crippen molar-refractivity contribution in [1.82, 2.24) is 15.1 Å². The van der Waals surface area contributed by atoms with E-state index in [0.29, 0.717) is 55.4 Å². The number of carbonyl (C=O) groups is 3. The number of ether oxygens (including phenoxy) is 3. The lowest BCUT2D eigenvalue weighted by molar-refractivity contribution is -0.143. The fraction of sp³-hybridized carbons (Fsp3) is 0.364. The Labute approximate surface area is 249 Å². The van der Waals surface area contributed by atoms with Crippen molar-refractivity contribution in [3.05, 3.63) is 82.7 Å². The van der Waals surface area contributed by atoms with Crippen LogP contribution in [0.1, 0.15) is 58.8 Å². The van der Waals surface area contributed by atoms with Crippen LogP contribution < -0.4 is 19.5 Å². The van der Waals surface area contributed by atoms with Gasteiger partial charge in [-0.2, -0.15) is 0 Å². The number of rotatable bonds is 3. The van der Waals surface area contributed by atoms with Gasteiger partial charge in [-0.25, -0.2) is 4.39 Å². The van der Waals surface area contributed by atoms with E-state index in [-0.39, 0.29) is 37.1 Å². The number of amides is 3. The summed E-state index contributed by atoms with van der Waals surface area (Å²) in [6.45, 7) is 1.63. The average molecular weight is 588 g/mol. The van der Waals surface area contributed by atoms with Crippen LogP contribution in [0.2, 0.25) is 0 Å². The van der Waals surface area contributed by atoms with E-state index in [1.165, 1.54) is 18.2 Å². The van der Waals surface area contributed by atoms with Crippen LogP contribution in [0, 0.1) is 5.82 Å². The molecular weight excluding hydrogens is 553 g/mol. The summed E-state index contributed by atoms with van der Waals surface area (Å²) in [7, 11) is 1.56. The number of fused-ring (bicyclic) bond motifs is 6. The molecule has 0 aromatic heterocycles. The maximum Gasteiger partial charge on any atom is 0.254 e. The quantitative estimate of drug-likeness (QED) is 0.480. The lowest BCUT2D eigenvalue weighted by Crippen LogP contribution is -2.48. The minimum atomic E-state index is -0.638. The van der Waals surface area contributed by atoms with Crippen LogP contribution >= 0.6 is 0 Å². The van der Waals surface area contributed by atoms with E-state index in [1.807, 2.05) is 35.2 Å². The third-order valence-corrected chi connectivity index (χ3v) is 8.20. The zero-order valence-corrected chi connectivity index (χ0v) is 24.1. The summed E-state index contributed by atoms with van der Waals surface area (Å²) in [6, 6.07) is 15.0. The van der Waals surface area contributed by atoms with Crippen LogP contribution in [-0.2, 0) is 16.0 Å². The van der Waals surface area contributed by atoms with Crippen molar-refractivity contribution in [2.45, 2.75) is 38.1 Å². The Kier molecular flexibility index (Phi) is 8.18. The zero-order chi connectivity index (χ0) is 29.9. The lowest BCUT2D eigenvalue weighted by Gasteiger charge is -2.39. The minimum absolute atomic E-state index is 0.0174. The molecule has 10 heteroatoms. The van der Waals surface area contributed by atoms with Gasteiger partial charge in [-0.05, 0) is 84.8 Å². The molecule has 1 saturated heterocycles. The molecule has 3 aromatic rings. The second-order valence-electron chi connectivity index (χ2n) is 11.0. The highest BCUT2D eigenvalue weighted by Crippen LogP contribution is 2.41. The summed E-state index contributed by atoms with van der Waals surface area (Å²) < 4.78 is 32.3. The fourth-order valence-corrected chi connectivity index (χ4v) is 5.98. The first-order valence-electron chi connectivity index (χ1n) is 14.7. The van der Waals surface area contributed by atoms with Crippen molar-refractivity contribution in [2.75, 3.05) is 39.9 Å². The predicted octanol–water partition coefficient (Wildman–Crippen LogP) is 4.63. The summed E-state index contributed by atoms with van der Waals surface area (Å²) in [4.78, 5) is 42.5. The molecule has 4 aliphatic rings. The number of carbonyl (C=O) groups excluding carboxylic acids is 3. The van der Waals surface area contributed by atoms with E-state index >= 15 is 0 Å². The van der Waals surface area contributed by atoms with Crippen LogP contribution in [-0.4, -0.2) is 67.4 Å². The molecule has 1 N–H and O–H groups in total. The monoisotopic (exact) mass is 587 g/mol. The minimum Gasteiger partial charge on any atom is -0.493 e. The number of nitrogens with zero attached hydrogens (tertiary/aromatic N) is 2. The predicted molar refractivity (Wildman–Crippen MR) is 156 cm³/mol. The molecule has 224 valence electrons. The number of halogens is 1. The number of nitrogens with one attached hydrogen (secondary N) is 1. The van der Waals surface area contributed by atoms with Gasteiger partial charge in [-0.1, -0.05) is 12.1 Å². The number of benzene rings is 3. The van der Waals surface area contributed by atoms with E-state index in [1.54, 1.807) is 18.1 Å². The second-order valence-corrected chi connectivity index (χ2v) is 11.0. The summed E-state index contributed by atoms with van der Waals surface area (Å²) in [5, 5.41) is 2.74. The number of hydrogen-bond donors (Lipinski definition) is 1. The van der Waals surface area contributed by atoms with Crippen molar-refractivity contribution in [2.24, 2.45) is 0 Å². The van der Waals surface area contributed by atoms with Crippen LogP contribution in [0.15, 0.2) is 54.6 Å². The summed E-state index contributed by atoms with van der Waals surface area (Å²) >= 11 is 0. The molecule has 43 heavy (non-hydrogen) atoms. The first kappa shape index (κ1) is 28.5. The van der Waals surface area contributed by atoms with Gasteiger partial charge in [0.25, 0.3) is 5.91 Å². The highest BCUT2D eigenvalue weighted by molar-refractivity contribution is 5.94. The van der Waals surface area contributed by atoms with E-state index in [4.69, 9.17) is 14.2 Å². The van der Waals surface area contributed by atoms with Gasteiger partial charge in [-0.15, -0.1) is 0 Å². The largest absolute Gasteiger partial charge is 0.493 e. The van der Waals surface area contributed by atoms with Gasteiger partial charge in [-0.3, -0.25) is 14.4 Å². The molecule has 0 aliphatic carbocycles. The van der Waals surface area contributed by atoms with Gasteiger partial charge >= 0.3 is 0 Å². The van der Waals surface area contributed by atoms with Crippen LogP contribution in [0.25, 0.3) is 0 Å². The lowest BCUT2D eigenvalue weighted by atomic mass is 9.87. The molecule has 3 amide bonds. The molecule has 8 bridgehead atoms. The Morgan fingerprint density at radius 1 is 1.00 bits per heavy atom. The number of piperidine rings is 1. The van der Waals surface area contributed by atoms with Crippen molar-refractivity contribution in [1.29, 1.82) is 0 Å². The molecule has 4 aliphatic heterocycles. The summed E-state index contributed by atoms with van der Waals surface area (Å²) in [5.74, 6) is 0.661. The number of likely N-dealkylation sites (tertiary alicyclic amines) is 1. The average Bonchev–Trinajstić information content (AvgIpc) is 3.01. The third kappa shape index (κ3) is 6.00. The number of methoxy groups -OCH3 is 1. The zero-order valence-electron chi connectivity index (χ0n) is 24.1. The molecule has 0 radical (unpaired) electrons. The van der Waals surface area contributed by atoms with Crippen molar-refractivity contribution in [3.63, 3.8) is 0 Å². The van der Waals surface area contributed by atoms with Crippen molar-refractivity contribution < 1.29 is 33.0 Å². The Hall–Kier alpha value is -4.60. The first-order valence-corrected chi connectivity index (χ1v) is 14.7. The SMILES string of the molecule is COc1ccc2cc1OCCCNC(=O)c1cc(ccc1F)Oc1ccc3c(c1)CCN(C(=O)CN1CCCCC1=O)C23. The summed E-state index contributed by atoms with van der Waals surface area (Å²) in [5.41, 5.74) is 2.68. The smallest absolute Gasteiger partial charge is 0.254 e. The molecular formula is C33H34FN3O6. The standard InChI is InChI=1S/C33H34FN3O6/c1-41-28-11-6-22-18-29(28)42-16-4-13-35-33(40)26-19-24(8-10-27(26)34)43-23-7-9-25-21(17-23)12-15-37(32(22)25)31(39)20-36-14-3-2-5-30(36)38/h6-11,17-19,32H,2-5,12-16,20H2,1H3,(H,35,40). The normalized spacial score (nSPS) is 18.6. The van der Waals surface area contributed by atoms with Crippen molar-refractivity contribution >= 4 is 17.7 Å². The van der Waals surface area contributed by atoms with Gasteiger partial charge in [0.1, 0.15) is 17.3 Å². The van der Waals surface area contributed by atoms with Crippen LogP contribution in [0.5, 0.6) is 23.0 Å². The van der Waals surface area contributed by atoms with Gasteiger partial charge in [0.15, 0.2) is 11.5 Å². The van der Waals surface area contributed by atoms with Crippen molar-refractivity contribution in [3.8, 4) is 23.0 Å². The van der Waals surface area contributed by atoms with Gasteiger partial charge in [0, 0.05) is 26.1 Å². The highest BCUT2D eigenvalue weighted by atomic mass is 19.1. The maximum atomic E-state index is 14.5. The van der Waals surface area contributed by atoms with Crippen LogP contribution in [0.3, 0.4) is 0 Å². The molecule has 9 nitrogen and oxygen atoms in total. The van der Waals surface area contributed by atoms with E-state index in [2.05, 4.69) is 5.32 Å². The number of hydrogen-bond acceptors (Lipinski definition) is 6. The molecule has 1 fully saturated rings. The van der Waals surface area contributed by atoms with Gasteiger partial charge in [0.2, 0.25) is 11.8 Å². The Bertz CT molecular complexity index is 1560.